The normalized spacial score (nSPS) is 10.3. The molecule has 2 aromatic rings. The number of hydrogen-bond acceptors (Lipinski definition) is 4. The molecule has 0 aliphatic carbocycles. The molecule has 0 amide bonds. The Kier molecular flexibility index (Phi) is 4.11. The summed E-state index contributed by atoms with van der Waals surface area (Å²) in [5.41, 5.74) is 3.73. The Morgan fingerprint density at radius 3 is 1.33 bits per heavy atom. The molecule has 0 aliphatic heterocycles. The molecular weight excluding hydrogens is 260 g/mol. The topological polar surface area (TPSA) is 71.6 Å². The SMILES string of the molecule is CC(C)(c1ccc(NC#N)cc1)c1ccc(NC#N)cc1. The van der Waals surface area contributed by atoms with E-state index in [1.54, 1.807) is 0 Å². The number of nitrogens with one attached hydrogen (secondary N) is 2. The molecule has 4 nitrogen and oxygen atoms in total. The van der Waals surface area contributed by atoms with Crippen molar-refractivity contribution in [2.45, 2.75) is 19.3 Å². The predicted octanol–water partition coefficient (Wildman–Crippen LogP) is 3.80. The van der Waals surface area contributed by atoms with Gasteiger partial charge in [-0.2, -0.15) is 10.5 Å². The van der Waals surface area contributed by atoms with Gasteiger partial charge in [-0.15, -0.1) is 0 Å². The molecule has 2 N–H and O–H groups in total. The maximum atomic E-state index is 8.61. The van der Waals surface area contributed by atoms with Crippen LogP contribution < -0.4 is 10.6 Å². The summed E-state index contributed by atoms with van der Waals surface area (Å²) >= 11 is 0. The van der Waals surface area contributed by atoms with Crippen molar-refractivity contribution in [1.29, 1.82) is 10.5 Å². The van der Waals surface area contributed by atoms with E-state index in [0.717, 1.165) is 22.5 Å². The standard InChI is InChI=1S/C17H16N4/c1-17(2,13-3-7-15(8-4-13)20-11-18)14-5-9-16(10-6-14)21-12-19/h3-10,20-21H,1-2H3. The Morgan fingerprint density at radius 1 is 0.714 bits per heavy atom. The van der Waals surface area contributed by atoms with Crippen LogP contribution in [-0.2, 0) is 5.41 Å². The molecule has 0 unspecified atom stereocenters. The fourth-order valence-corrected chi connectivity index (χ4v) is 2.24. The Balaban J connectivity index is 2.28. The van der Waals surface area contributed by atoms with Crippen LogP contribution in [0.2, 0.25) is 0 Å². The minimum absolute atomic E-state index is 0.156. The van der Waals surface area contributed by atoms with Crippen molar-refractivity contribution in [3.8, 4) is 12.4 Å². The van der Waals surface area contributed by atoms with Crippen LogP contribution in [0.4, 0.5) is 11.4 Å². The van der Waals surface area contributed by atoms with Crippen molar-refractivity contribution in [2.24, 2.45) is 0 Å². The van der Waals surface area contributed by atoms with Gasteiger partial charge in [-0.05, 0) is 35.4 Å². The summed E-state index contributed by atoms with van der Waals surface area (Å²) in [7, 11) is 0. The van der Waals surface area contributed by atoms with E-state index in [-0.39, 0.29) is 5.41 Å². The zero-order valence-electron chi connectivity index (χ0n) is 12.0. The highest BCUT2D eigenvalue weighted by Gasteiger charge is 2.22. The molecule has 0 spiro atoms. The summed E-state index contributed by atoms with van der Waals surface area (Å²) in [4.78, 5) is 0. The van der Waals surface area contributed by atoms with Gasteiger partial charge in [0.25, 0.3) is 0 Å². The molecule has 0 aromatic heterocycles. The highest BCUT2D eigenvalue weighted by Crippen LogP contribution is 2.32. The van der Waals surface area contributed by atoms with Crippen LogP contribution >= 0.6 is 0 Å². The first-order chi connectivity index (χ1) is 10.1. The first-order valence-electron chi connectivity index (χ1n) is 6.59. The first-order valence-corrected chi connectivity index (χ1v) is 6.59. The lowest BCUT2D eigenvalue weighted by Crippen LogP contribution is -2.18. The Labute approximate surface area is 124 Å². The van der Waals surface area contributed by atoms with Crippen LogP contribution in [0.15, 0.2) is 48.5 Å². The van der Waals surface area contributed by atoms with Crippen LogP contribution in [0.25, 0.3) is 0 Å². The predicted molar refractivity (Wildman–Crippen MR) is 83.5 cm³/mol. The average Bonchev–Trinajstić information content (AvgIpc) is 2.49. The van der Waals surface area contributed by atoms with Gasteiger partial charge in [0.1, 0.15) is 0 Å². The number of hydrogen-bond donors (Lipinski definition) is 2. The van der Waals surface area contributed by atoms with Crippen molar-refractivity contribution in [3.63, 3.8) is 0 Å². The van der Waals surface area contributed by atoms with Gasteiger partial charge in [0.05, 0.1) is 0 Å². The number of nitriles is 2. The molecule has 0 aliphatic rings. The highest BCUT2D eigenvalue weighted by atomic mass is 14.9. The van der Waals surface area contributed by atoms with E-state index in [4.69, 9.17) is 10.5 Å². The molecule has 0 saturated carbocycles. The van der Waals surface area contributed by atoms with Gasteiger partial charge >= 0.3 is 0 Å². The van der Waals surface area contributed by atoms with Crippen molar-refractivity contribution < 1.29 is 0 Å². The van der Waals surface area contributed by atoms with Gasteiger partial charge < -0.3 is 0 Å². The van der Waals surface area contributed by atoms with E-state index < -0.39 is 0 Å². The summed E-state index contributed by atoms with van der Waals surface area (Å²) in [5.74, 6) is 0. The first kappa shape index (κ1) is 14.4. The molecule has 0 bridgehead atoms. The van der Waals surface area contributed by atoms with Gasteiger partial charge in [0.15, 0.2) is 12.4 Å². The lowest BCUT2D eigenvalue weighted by Gasteiger charge is -2.26. The summed E-state index contributed by atoms with van der Waals surface area (Å²) < 4.78 is 0. The number of rotatable bonds is 4. The van der Waals surface area contributed by atoms with Gasteiger partial charge in [-0.3, -0.25) is 10.6 Å². The fourth-order valence-electron chi connectivity index (χ4n) is 2.24. The van der Waals surface area contributed by atoms with Gasteiger partial charge in [-0.1, -0.05) is 38.1 Å². The van der Waals surface area contributed by atoms with Crippen LogP contribution in [0.3, 0.4) is 0 Å². The monoisotopic (exact) mass is 276 g/mol. The maximum absolute atomic E-state index is 8.61. The van der Waals surface area contributed by atoms with Gasteiger partial charge in [0.2, 0.25) is 0 Å². The number of nitrogens with zero attached hydrogens (tertiary/aromatic N) is 2. The fraction of sp³-hybridized carbons (Fsp3) is 0.176. The second-order valence-electron chi connectivity index (χ2n) is 5.25. The van der Waals surface area contributed by atoms with Gasteiger partial charge in [0, 0.05) is 16.8 Å². The van der Waals surface area contributed by atoms with Crippen molar-refractivity contribution in [3.05, 3.63) is 59.7 Å². The Bertz CT molecular complexity index is 624. The van der Waals surface area contributed by atoms with E-state index in [1.807, 2.05) is 60.9 Å². The molecule has 0 saturated heterocycles. The molecular formula is C17H16N4. The third-order valence-corrected chi connectivity index (χ3v) is 3.61. The summed E-state index contributed by atoms with van der Waals surface area (Å²) in [6.45, 7) is 4.29. The van der Waals surface area contributed by atoms with E-state index in [1.165, 1.54) is 0 Å². The quantitative estimate of drug-likeness (QED) is 0.658. The molecule has 0 heterocycles. The van der Waals surface area contributed by atoms with E-state index in [0.29, 0.717) is 0 Å². The highest BCUT2D eigenvalue weighted by molar-refractivity contribution is 5.52. The molecule has 2 aromatic carbocycles. The van der Waals surface area contributed by atoms with Crippen molar-refractivity contribution in [2.75, 3.05) is 10.6 Å². The Hall–Kier alpha value is -2.98. The molecule has 0 radical (unpaired) electrons. The zero-order valence-corrected chi connectivity index (χ0v) is 12.0. The minimum atomic E-state index is -0.156. The molecule has 0 atom stereocenters. The molecule has 2 rings (SSSR count). The molecule has 4 heteroatoms. The van der Waals surface area contributed by atoms with Crippen molar-refractivity contribution in [1.82, 2.24) is 0 Å². The van der Waals surface area contributed by atoms with Gasteiger partial charge in [-0.25, -0.2) is 0 Å². The largest absolute Gasteiger partial charge is 0.293 e. The van der Waals surface area contributed by atoms with E-state index in [2.05, 4.69) is 24.5 Å². The van der Waals surface area contributed by atoms with E-state index in [9.17, 15) is 0 Å². The van der Waals surface area contributed by atoms with E-state index >= 15 is 0 Å². The molecule has 21 heavy (non-hydrogen) atoms. The lowest BCUT2D eigenvalue weighted by atomic mass is 9.78. The summed E-state index contributed by atoms with van der Waals surface area (Å²) in [6.07, 6.45) is 3.82. The molecule has 104 valence electrons. The minimum Gasteiger partial charge on any atom is -0.293 e. The zero-order chi connectivity index (χ0) is 15.3. The second-order valence-corrected chi connectivity index (χ2v) is 5.25. The van der Waals surface area contributed by atoms with Crippen LogP contribution in [-0.4, -0.2) is 0 Å². The number of anilines is 2. The smallest absolute Gasteiger partial charge is 0.181 e. The number of benzene rings is 2. The Morgan fingerprint density at radius 2 is 1.05 bits per heavy atom. The second kappa shape index (κ2) is 5.98. The lowest BCUT2D eigenvalue weighted by molar-refractivity contribution is 0.641. The molecule has 0 fully saturated rings. The summed E-state index contributed by atoms with van der Waals surface area (Å²) in [6, 6.07) is 15.6. The van der Waals surface area contributed by atoms with Crippen LogP contribution in [0, 0.1) is 22.9 Å². The maximum Gasteiger partial charge on any atom is 0.181 e. The summed E-state index contributed by atoms with van der Waals surface area (Å²) in [5, 5.41) is 22.4. The average molecular weight is 276 g/mol. The third kappa shape index (κ3) is 3.13. The van der Waals surface area contributed by atoms with Crippen LogP contribution in [0.1, 0.15) is 25.0 Å². The van der Waals surface area contributed by atoms with Crippen LogP contribution in [0.5, 0.6) is 0 Å². The third-order valence-electron chi connectivity index (χ3n) is 3.61. The van der Waals surface area contributed by atoms with Crippen molar-refractivity contribution >= 4 is 11.4 Å².